The molecule has 7 heteroatoms. The van der Waals surface area contributed by atoms with Gasteiger partial charge in [-0.1, -0.05) is 29.8 Å². The minimum atomic E-state index is -0.193. The second-order valence-electron chi connectivity index (χ2n) is 6.65. The van der Waals surface area contributed by atoms with Crippen molar-refractivity contribution < 1.29 is 9.47 Å². The maximum Gasteiger partial charge on any atom is 0.282 e. The molecule has 0 unspecified atom stereocenters. The summed E-state index contributed by atoms with van der Waals surface area (Å²) in [6.45, 7) is 6.54. The molecule has 1 heterocycles. The van der Waals surface area contributed by atoms with Crippen molar-refractivity contribution in [3.8, 4) is 11.5 Å². The Morgan fingerprint density at radius 1 is 1.21 bits per heavy atom. The predicted molar refractivity (Wildman–Crippen MR) is 120 cm³/mol. The van der Waals surface area contributed by atoms with Crippen LogP contribution in [0.4, 0.5) is 0 Å². The monoisotopic (exact) mass is 457 g/mol. The Balaban J connectivity index is 2.12. The molecule has 1 atom stereocenters. The lowest BCUT2D eigenvalue weighted by atomic mass is 10.1. The summed E-state index contributed by atoms with van der Waals surface area (Å²) >= 11 is 3.42. The lowest BCUT2D eigenvalue weighted by Crippen LogP contribution is -2.23. The number of rotatable bonds is 7. The number of hydrogen-bond donors (Lipinski definition) is 0. The zero-order valence-electron chi connectivity index (χ0n) is 17.0. The molecule has 3 rings (SSSR count). The molecular weight excluding hydrogens is 434 g/mol. The van der Waals surface area contributed by atoms with Gasteiger partial charge >= 0.3 is 0 Å². The number of halogens is 1. The zero-order chi connectivity index (χ0) is 21.0. The topological polar surface area (TPSA) is 65.7 Å². The summed E-state index contributed by atoms with van der Waals surface area (Å²) in [6.07, 6.45) is 2.49. The van der Waals surface area contributed by atoms with E-state index in [0.29, 0.717) is 34.8 Å². The maximum absolute atomic E-state index is 13.2. The molecule has 6 nitrogen and oxygen atoms in total. The van der Waals surface area contributed by atoms with Gasteiger partial charge in [0.2, 0.25) is 0 Å². The molecule has 152 valence electrons. The summed E-state index contributed by atoms with van der Waals surface area (Å²) in [5.74, 6) is 2.01. The first kappa shape index (κ1) is 21.0. The number of ether oxygens (including phenoxy) is 2. The van der Waals surface area contributed by atoms with Crippen LogP contribution in [0.25, 0.3) is 10.9 Å². The molecule has 3 aromatic rings. The van der Waals surface area contributed by atoms with E-state index in [9.17, 15) is 4.79 Å². The van der Waals surface area contributed by atoms with E-state index in [1.165, 1.54) is 4.68 Å². The Hall–Kier alpha value is -2.67. The van der Waals surface area contributed by atoms with E-state index in [-0.39, 0.29) is 11.5 Å². The highest BCUT2D eigenvalue weighted by Crippen LogP contribution is 2.27. The van der Waals surface area contributed by atoms with Gasteiger partial charge in [-0.15, -0.1) is 0 Å². The van der Waals surface area contributed by atoms with Crippen molar-refractivity contribution in [3.05, 3.63) is 62.6 Å². The second-order valence-corrected chi connectivity index (χ2v) is 7.56. The van der Waals surface area contributed by atoms with Gasteiger partial charge < -0.3 is 9.47 Å². The highest BCUT2D eigenvalue weighted by atomic mass is 79.9. The summed E-state index contributed by atoms with van der Waals surface area (Å²) in [4.78, 5) is 17.9. The first-order chi connectivity index (χ1) is 14.0. The van der Waals surface area contributed by atoms with Gasteiger partial charge in [0, 0.05) is 10.4 Å². The molecular formula is C22H24BrN3O3. The number of nitrogens with zero attached hydrogens (tertiary/aromatic N) is 3. The molecule has 29 heavy (non-hydrogen) atoms. The lowest BCUT2D eigenvalue weighted by molar-refractivity contribution is 0.311. The number of aromatic nitrogens is 2. The number of fused-ring (bicyclic) bond motifs is 1. The lowest BCUT2D eigenvalue weighted by Gasteiger charge is -2.14. The van der Waals surface area contributed by atoms with Crippen molar-refractivity contribution >= 4 is 33.0 Å². The summed E-state index contributed by atoms with van der Waals surface area (Å²) in [5, 5.41) is 5.01. The van der Waals surface area contributed by atoms with Crippen molar-refractivity contribution in [2.45, 2.75) is 33.1 Å². The van der Waals surface area contributed by atoms with Crippen LogP contribution in [-0.4, -0.2) is 29.6 Å². The average Bonchev–Trinajstić information content (AvgIpc) is 2.73. The predicted octanol–water partition coefficient (Wildman–Crippen LogP) is 4.96. The highest BCUT2D eigenvalue weighted by Gasteiger charge is 2.15. The molecule has 0 aliphatic carbocycles. The minimum Gasteiger partial charge on any atom is -0.493 e. The van der Waals surface area contributed by atoms with Crippen LogP contribution in [0.1, 0.15) is 44.5 Å². The maximum atomic E-state index is 13.2. The van der Waals surface area contributed by atoms with Crippen LogP contribution in [0.15, 0.2) is 50.8 Å². The van der Waals surface area contributed by atoms with E-state index in [0.717, 1.165) is 16.5 Å². The number of hydrogen-bond acceptors (Lipinski definition) is 5. The van der Waals surface area contributed by atoms with E-state index in [4.69, 9.17) is 14.5 Å². The number of benzene rings is 2. The van der Waals surface area contributed by atoms with E-state index in [1.54, 1.807) is 19.4 Å². The van der Waals surface area contributed by atoms with Crippen molar-refractivity contribution in [3.63, 3.8) is 0 Å². The average molecular weight is 458 g/mol. The SMILES string of the molecule is CCOc1cc(C=Nn2c([C@H](C)CC)nc3ccc(Br)cc3c2=O)ccc1OC. The molecule has 0 aliphatic heterocycles. The van der Waals surface area contributed by atoms with Crippen molar-refractivity contribution in [2.24, 2.45) is 5.10 Å². The van der Waals surface area contributed by atoms with E-state index in [1.807, 2.05) is 44.2 Å². The van der Waals surface area contributed by atoms with Crippen LogP contribution in [0, 0.1) is 0 Å². The summed E-state index contributed by atoms with van der Waals surface area (Å²) in [5.41, 5.74) is 1.27. The largest absolute Gasteiger partial charge is 0.493 e. The van der Waals surface area contributed by atoms with Crippen LogP contribution in [-0.2, 0) is 0 Å². The van der Waals surface area contributed by atoms with Gasteiger partial charge in [0.25, 0.3) is 5.56 Å². The molecule has 1 aromatic heterocycles. The molecule has 0 saturated carbocycles. The van der Waals surface area contributed by atoms with Crippen LogP contribution in [0.5, 0.6) is 11.5 Å². The van der Waals surface area contributed by atoms with Gasteiger partial charge in [-0.2, -0.15) is 9.78 Å². The molecule has 0 amide bonds. The Labute approximate surface area is 178 Å². The van der Waals surface area contributed by atoms with Crippen molar-refractivity contribution in [1.82, 2.24) is 9.66 Å². The molecule has 0 radical (unpaired) electrons. The molecule has 2 aromatic carbocycles. The second kappa shape index (κ2) is 9.22. The summed E-state index contributed by atoms with van der Waals surface area (Å²) in [6, 6.07) is 11.0. The molecule has 0 aliphatic rings. The van der Waals surface area contributed by atoms with Gasteiger partial charge in [-0.3, -0.25) is 4.79 Å². The van der Waals surface area contributed by atoms with E-state index < -0.39 is 0 Å². The van der Waals surface area contributed by atoms with Gasteiger partial charge in [0.1, 0.15) is 5.82 Å². The first-order valence-electron chi connectivity index (χ1n) is 9.55. The third-order valence-corrected chi connectivity index (χ3v) is 5.19. The van der Waals surface area contributed by atoms with Crippen molar-refractivity contribution in [1.29, 1.82) is 0 Å². The van der Waals surface area contributed by atoms with Gasteiger partial charge in [0.15, 0.2) is 11.5 Å². The molecule has 0 bridgehead atoms. The first-order valence-corrected chi connectivity index (χ1v) is 10.3. The molecule has 0 saturated heterocycles. The van der Waals surface area contributed by atoms with Gasteiger partial charge in [0.05, 0.1) is 30.8 Å². The molecule has 0 fully saturated rings. The van der Waals surface area contributed by atoms with Crippen LogP contribution in [0.3, 0.4) is 0 Å². The summed E-state index contributed by atoms with van der Waals surface area (Å²) in [7, 11) is 1.60. The van der Waals surface area contributed by atoms with Crippen LogP contribution >= 0.6 is 15.9 Å². The minimum absolute atomic E-state index is 0.0859. The van der Waals surface area contributed by atoms with E-state index >= 15 is 0 Å². The van der Waals surface area contributed by atoms with Crippen molar-refractivity contribution in [2.75, 3.05) is 13.7 Å². The number of methoxy groups -OCH3 is 1. The standard InChI is InChI=1S/C22H24BrN3O3/c1-5-14(3)21-25-18-9-8-16(23)12-17(18)22(27)26(21)24-13-15-7-10-19(28-4)20(11-15)29-6-2/h7-14H,5-6H2,1-4H3/t14-/m1/s1. The fourth-order valence-electron chi connectivity index (χ4n) is 2.95. The Kier molecular flexibility index (Phi) is 6.69. The van der Waals surface area contributed by atoms with E-state index in [2.05, 4.69) is 28.0 Å². The smallest absolute Gasteiger partial charge is 0.282 e. The third-order valence-electron chi connectivity index (χ3n) is 4.70. The van der Waals surface area contributed by atoms with Gasteiger partial charge in [-0.05, 0) is 55.3 Å². The fourth-order valence-corrected chi connectivity index (χ4v) is 3.31. The van der Waals surface area contributed by atoms with Gasteiger partial charge in [-0.25, -0.2) is 4.98 Å². The molecule has 0 spiro atoms. The Bertz CT molecular complexity index is 1110. The Morgan fingerprint density at radius 2 is 2.00 bits per heavy atom. The summed E-state index contributed by atoms with van der Waals surface area (Å²) < 4.78 is 13.2. The third kappa shape index (κ3) is 4.50. The quantitative estimate of drug-likeness (QED) is 0.470. The molecule has 0 N–H and O–H groups in total. The fraction of sp³-hybridized carbons (Fsp3) is 0.318. The normalized spacial score (nSPS) is 12.4. The van der Waals surface area contributed by atoms with Crippen LogP contribution in [0.2, 0.25) is 0 Å². The zero-order valence-corrected chi connectivity index (χ0v) is 18.6. The Morgan fingerprint density at radius 3 is 2.69 bits per heavy atom. The highest BCUT2D eigenvalue weighted by molar-refractivity contribution is 9.10. The van der Waals surface area contributed by atoms with Crippen LogP contribution < -0.4 is 15.0 Å².